The van der Waals surface area contributed by atoms with E-state index in [-0.39, 0.29) is 24.0 Å². The molecule has 0 saturated heterocycles. The van der Waals surface area contributed by atoms with E-state index in [2.05, 4.69) is 4.98 Å². The van der Waals surface area contributed by atoms with E-state index in [0.29, 0.717) is 12.1 Å². The maximum Gasteiger partial charge on any atom is 0.323 e. The molecule has 0 unspecified atom stereocenters. The molecule has 0 bridgehead atoms. The number of hydrogen-bond acceptors (Lipinski definition) is 5. The Labute approximate surface area is 111 Å². The lowest BCUT2D eigenvalue weighted by Gasteiger charge is -2.23. The Morgan fingerprint density at radius 3 is 2.68 bits per heavy atom. The molecule has 0 spiro atoms. The molecule has 0 atom stereocenters. The summed E-state index contributed by atoms with van der Waals surface area (Å²) in [7, 11) is 0. The summed E-state index contributed by atoms with van der Waals surface area (Å²) in [6.45, 7) is 5.52. The molecule has 0 aliphatic heterocycles. The molecule has 7 heteroatoms. The molecular formula is C12H17N3O4. The number of nitrogens with zero attached hydrogens (tertiary/aromatic N) is 3. The predicted molar refractivity (Wildman–Crippen MR) is 70.3 cm³/mol. The minimum absolute atomic E-state index is 0.112. The third-order valence-corrected chi connectivity index (χ3v) is 2.50. The number of aryl methyl sites for hydroxylation is 1. The number of aliphatic carboxylic acids is 1. The molecule has 0 amide bonds. The first-order valence-electron chi connectivity index (χ1n) is 5.89. The van der Waals surface area contributed by atoms with E-state index in [0.717, 1.165) is 0 Å². The van der Waals surface area contributed by atoms with Crippen LogP contribution in [0.25, 0.3) is 0 Å². The summed E-state index contributed by atoms with van der Waals surface area (Å²) in [5.74, 6) is -0.763. The van der Waals surface area contributed by atoms with Gasteiger partial charge in [-0.2, -0.15) is 0 Å². The normalized spacial score (nSPS) is 10.5. The third-order valence-electron chi connectivity index (χ3n) is 2.50. The summed E-state index contributed by atoms with van der Waals surface area (Å²) in [5.41, 5.74) is 0.332. The highest BCUT2D eigenvalue weighted by molar-refractivity contribution is 5.75. The molecule has 0 aliphatic rings. The van der Waals surface area contributed by atoms with E-state index in [9.17, 15) is 14.9 Å². The van der Waals surface area contributed by atoms with Crippen LogP contribution in [0.5, 0.6) is 0 Å². The minimum atomic E-state index is -1.04. The fraction of sp³-hybridized carbons (Fsp3) is 0.500. The first kappa shape index (κ1) is 14.9. The Morgan fingerprint density at radius 2 is 2.21 bits per heavy atom. The van der Waals surface area contributed by atoms with Crippen molar-refractivity contribution in [2.24, 2.45) is 5.92 Å². The second-order valence-corrected chi connectivity index (χ2v) is 4.73. The molecule has 1 aromatic rings. The Kier molecular flexibility index (Phi) is 4.80. The van der Waals surface area contributed by atoms with E-state index in [1.807, 2.05) is 13.8 Å². The first-order chi connectivity index (χ1) is 8.82. The smallest absolute Gasteiger partial charge is 0.323 e. The number of nitro groups is 1. The molecular weight excluding hydrogens is 250 g/mol. The average Bonchev–Trinajstić information content (AvgIpc) is 2.25. The molecule has 1 rings (SSSR count). The number of carboxylic acid groups (broad SMARTS) is 1. The van der Waals surface area contributed by atoms with Crippen molar-refractivity contribution in [1.29, 1.82) is 0 Å². The van der Waals surface area contributed by atoms with E-state index in [4.69, 9.17) is 5.11 Å². The molecule has 104 valence electrons. The van der Waals surface area contributed by atoms with Crippen LogP contribution in [0.2, 0.25) is 0 Å². The van der Waals surface area contributed by atoms with E-state index in [1.165, 1.54) is 17.2 Å². The summed E-state index contributed by atoms with van der Waals surface area (Å²) in [6.07, 6.45) is 1.45. The summed E-state index contributed by atoms with van der Waals surface area (Å²) in [4.78, 5) is 26.9. The van der Waals surface area contributed by atoms with Crippen LogP contribution < -0.4 is 4.90 Å². The molecule has 0 aliphatic carbocycles. The Hall–Kier alpha value is -2.18. The standard InChI is InChI=1S/C12H17N3O4/c1-8(2)6-14(7-10(16)17)12-11(15(18)19)9(3)4-5-13-12/h4-5,8H,6-7H2,1-3H3,(H,16,17). The zero-order chi connectivity index (χ0) is 14.6. The van der Waals surface area contributed by atoms with E-state index >= 15 is 0 Å². The number of anilines is 1. The van der Waals surface area contributed by atoms with Crippen LogP contribution in [-0.4, -0.2) is 34.1 Å². The van der Waals surface area contributed by atoms with Crippen LogP contribution in [-0.2, 0) is 4.79 Å². The van der Waals surface area contributed by atoms with Gasteiger partial charge in [0.05, 0.1) is 4.92 Å². The van der Waals surface area contributed by atoms with Gasteiger partial charge in [-0.15, -0.1) is 0 Å². The van der Waals surface area contributed by atoms with Gasteiger partial charge >= 0.3 is 11.7 Å². The third kappa shape index (κ3) is 3.90. The van der Waals surface area contributed by atoms with Crippen molar-refractivity contribution in [3.8, 4) is 0 Å². The number of carboxylic acids is 1. The molecule has 0 aromatic carbocycles. The monoisotopic (exact) mass is 267 g/mol. The topological polar surface area (TPSA) is 96.6 Å². The van der Waals surface area contributed by atoms with E-state index < -0.39 is 10.9 Å². The van der Waals surface area contributed by atoms with Crippen LogP contribution >= 0.6 is 0 Å². The average molecular weight is 267 g/mol. The lowest BCUT2D eigenvalue weighted by Crippen LogP contribution is -2.34. The number of pyridine rings is 1. The van der Waals surface area contributed by atoms with Crippen LogP contribution in [0.4, 0.5) is 11.5 Å². The summed E-state index contributed by atoms with van der Waals surface area (Å²) >= 11 is 0. The minimum Gasteiger partial charge on any atom is -0.480 e. The molecule has 19 heavy (non-hydrogen) atoms. The summed E-state index contributed by atoms with van der Waals surface area (Å²) in [5, 5.41) is 20.0. The van der Waals surface area contributed by atoms with Gasteiger partial charge in [0.25, 0.3) is 0 Å². The van der Waals surface area contributed by atoms with Gasteiger partial charge in [-0.05, 0) is 18.9 Å². The number of aromatic nitrogens is 1. The quantitative estimate of drug-likeness (QED) is 0.624. The van der Waals surface area contributed by atoms with Crippen molar-refractivity contribution >= 4 is 17.5 Å². The van der Waals surface area contributed by atoms with Gasteiger partial charge in [0.2, 0.25) is 5.82 Å². The van der Waals surface area contributed by atoms with E-state index in [1.54, 1.807) is 6.92 Å². The Morgan fingerprint density at radius 1 is 1.58 bits per heavy atom. The molecule has 0 saturated carbocycles. The molecule has 1 aromatic heterocycles. The molecule has 1 N–H and O–H groups in total. The van der Waals surface area contributed by atoms with Crippen molar-refractivity contribution in [2.75, 3.05) is 18.0 Å². The second kappa shape index (κ2) is 6.12. The van der Waals surface area contributed by atoms with Gasteiger partial charge in [0, 0.05) is 18.3 Å². The first-order valence-corrected chi connectivity index (χ1v) is 5.89. The van der Waals surface area contributed by atoms with Gasteiger partial charge in [0.1, 0.15) is 6.54 Å². The van der Waals surface area contributed by atoms with Gasteiger partial charge in [0.15, 0.2) is 0 Å². The summed E-state index contributed by atoms with van der Waals surface area (Å²) in [6, 6.07) is 1.54. The number of rotatable bonds is 6. The van der Waals surface area contributed by atoms with Gasteiger partial charge in [-0.25, -0.2) is 4.98 Å². The molecule has 7 nitrogen and oxygen atoms in total. The Balaban J connectivity index is 3.24. The maximum atomic E-state index is 11.1. The fourth-order valence-electron chi connectivity index (χ4n) is 1.82. The highest BCUT2D eigenvalue weighted by Crippen LogP contribution is 2.29. The van der Waals surface area contributed by atoms with Crippen molar-refractivity contribution in [3.63, 3.8) is 0 Å². The zero-order valence-corrected chi connectivity index (χ0v) is 11.2. The van der Waals surface area contributed by atoms with Crippen molar-refractivity contribution in [3.05, 3.63) is 27.9 Å². The summed E-state index contributed by atoms with van der Waals surface area (Å²) < 4.78 is 0. The van der Waals surface area contributed by atoms with Crippen molar-refractivity contribution < 1.29 is 14.8 Å². The fourth-order valence-corrected chi connectivity index (χ4v) is 1.82. The van der Waals surface area contributed by atoms with Gasteiger partial charge < -0.3 is 10.0 Å². The highest BCUT2D eigenvalue weighted by atomic mass is 16.6. The van der Waals surface area contributed by atoms with Crippen LogP contribution in [0.1, 0.15) is 19.4 Å². The van der Waals surface area contributed by atoms with Crippen molar-refractivity contribution in [1.82, 2.24) is 4.98 Å². The lowest BCUT2D eigenvalue weighted by molar-refractivity contribution is -0.384. The van der Waals surface area contributed by atoms with Crippen LogP contribution in [0.3, 0.4) is 0 Å². The lowest BCUT2D eigenvalue weighted by atomic mass is 10.2. The molecule has 0 fully saturated rings. The van der Waals surface area contributed by atoms with Gasteiger partial charge in [-0.3, -0.25) is 14.9 Å². The zero-order valence-electron chi connectivity index (χ0n) is 11.2. The highest BCUT2D eigenvalue weighted by Gasteiger charge is 2.25. The van der Waals surface area contributed by atoms with Crippen LogP contribution in [0.15, 0.2) is 12.3 Å². The predicted octanol–water partition coefficient (Wildman–Crippen LogP) is 1.85. The SMILES string of the molecule is Cc1ccnc(N(CC(=O)O)CC(C)C)c1[N+](=O)[O-]. The largest absolute Gasteiger partial charge is 0.480 e. The molecule has 1 heterocycles. The molecule has 0 radical (unpaired) electrons. The van der Waals surface area contributed by atoms with Crippen LogP contribution in [0, 0.1) is 23.0 Å². The number of hydrogen-bond donors (Lipinski definition) is 1. The maximum absolute atomic E-state index is 11.1. The van der Waals surface area contributed by atoms with Crippen molar-refractivity contribution in [2.45, 2.75) is 20.8 Å². The number of carbonyl (C=O) groups is 1. The van der Waals surface area contributed by atoms with Gasteiger partial charge in [-0.1, -0.05) is 13.8 Å². The second-order valence-electron chi connectivity index (χ2n) is 4.73. The Bertz CT molecular complexity index is 488.